The van der Waals surface area contributed by atoms with E-state index >= 15 is 0 Å². The summed E-state index contributed by atoms with van der Waals surface area (Å²) in [5, 5.41) is 6.10. The van der Waals surface area contributed by atoms with Crippen molar-refractivity contribution < 1.29 is 9.53 Å². The average Bonchev–Trinajstić information content (AvgIpc) is 2.69. The van der Waals surface area contributed by atoms with Crippen LogP contribution in [0.1, 0.15) is 57.4 Å². The minimum Gasteiger partial charge on any atom is -0.490 e. The van der Waals surface area contributed by atoms with Crippen LogP contribution in [-0.4, -0.2) is 42.7 Å². The molecule has 1 aliphatic heterocycles. The number of piperidine rings is 1. The van der Waals surface area contributed by atoms with Crippen molar-refractivity contribution >= 4 is 6.03 Å². The minimum atomic E-state index is -0.0862. The molecule has 2 amide bonds. The highest BCUT2D eigenvalue weighted by Gasteiger charge is 2.20. The van der Waals surface area contributed by atoms with Crippen LogP contribution in [0, 0.1) is 0 Å². The number of urea groups is 1. The molecule has 2 N–H and O–H groups in total. The highest BCUT2D eigenvalue weighted by atomic mass is 16.5. The lowest BCUT2D eigenvalue weighted by molar-refractivity contribution is 0.155. The van der Waals surface area contributed by atoms with Gasteiger partial charge in [0, 0.05) is 32.2 Å². The number of nitrogens with zero attached hydrogens (tertiary/aromatic N) is 1. The molecule has 1 saturated heterocycles. The third-order valence-electron chi connectivity index (χ3n) is 5.62. The van der Waals surface area contributed by atoms with Gasteiger partial charge in [-0.1, -0.05) is 30.7 Å². The van der Waals surface area contributed by atoms with E-state index in [2.05, 4.69) is 29.0 Å². The molecule has 28 heavy (non-hydrogen) atoms. The smallest absolute Gasteiger partial charge is 0.315 e. The molecular formula is C23H35N3O2. The van der Waals surface area contributed by atoms with Gasteiger partial charge in [0.15, 0.2) is 0 Å². The molecule has 2 fully saturated rings. The Labute approximate surface area is 169 Å². The summed E-state index contributed by atoms with van der Waals surface area (Å²) in [6, 6.07) is 8.26. The van der Waals surface area contributed by atoms with E-state index in [-0.39, 0.29) is 12.1 Å². The summed E-state index contributed by atoms with van der Waals surface area (Å²) in [7, 11) is 0. The molecule has 1 heterocycles. The van der Waals surface area contributed by atoms with Crippen LogP contribution < -0.4 is 15.4 Å². The van der Waals surface area contributed by atoms with Crippen LogP contribution in [0.15, 0.2) is 36.4 Å². The second-order valence-electron chi connectivity index (χ2n) is 8.36. The first-order chi connectivity index (χ1) is 13.6. The number of nitrogens with one attached hydrogen (secondary N) is 2. The normalized spacial score (nSPS) is 19.2. The number of rotatable bonds is 7. The van der Waals surface area contributed by atoms with Gasteiger partial charge in [-0.05, 0) is 63.1 Å². The average molecular weight is 386 g/mol. The van der Waals surface area contributed by atoms with E-state index in [0.717, 1.165) is 56.6 Å². The van der Waals surface area contributed by atoms with E-state index in [4.69, 9.17) is 4.74 Å². The number of hydrogen-bond donors (Lipinski definition) is 2. The third kappa shape index (κ3) is 6.86. The Morgan fingerprint density at radius 1 is 1.18 bits per heavy atom. The predicted octanol–water partition coefficient (Wildman–Crippen LogP) is 4.24. The second kappa shape index (κ2) is 10.5. The Kier molecular flexibility index (Phi) is 7.78. The maximum Gasteiger partial charge on any atom is 0.315 e. The number of hydrogen-bond acceptors (Lipinski definition) is 3. The van der Waals surface area contributed by atoms with Crippen molar-refractivity contribution in [2.24, 2.45) is 0 Å². The molecule has 1 aromatic rings. The molecule has 154 valence electrons. The molecule has 5 nitrogen and oxygen atoms in total. The predicted molar refractivity (Wildman–Crippen MR) is 114 cm³/mol. The van der Waals surface area contributed by atoms with Gasteiger partial charge in [-0.25, -0.2) is 4.79 Å². The van der Waals surface area contributed by atoms with Crippen molar-refractivity contribution in [3.8, 4) is 5.75 Å². The van der Waals surface area contributed by atoms with E-state index in [1.165, 1.54) is 24.8 Å². The van der Waals surface area contributed by atoms with Crippen molar-refractivity contribution in [3.63, 3.8) is 0 Å². The first-order valence-electron chi connectivity index (χ1n) is 10.7. The summed E-state index contributed by atoms with van der Waals surface area (Å²) in [6.45, 7) is 9.54. The fourth-order valence-electron chi connectivity index (χ4n) is 4.14. The maximum atomic E-state index is 12.3. The van der Waals surface area contributed by atoms with Crippen LogP contribution in [0.5, 0.6) is 5.75 Å². The monoisotopic (exact) mass is 385 g/mol. The first kappa shape index (κ1) is 20.7. The molecule has 0 radical (unpaired) electrons. The molecule has 0 atom stereocenters. The fourth-order valence-corrected chi connectivity index (χ4v) is 4.14. The molecule has 5 heteroatoms. The van der Waals surface area contributed by atoms with E-state index in [1.807, 2.05) is 24.3 Å². The number of carbonyl (C=O) groups excluding carboxylic acids is 1. The third-order valence-corrected chi connectivity index (χ3v) is 5.62. The van der Waals surface area contributed by atoms with Gasteiger partial charge in [-0.3, -0.25) is 4.90 Å². The molecule has 0 bridgehead atoms. The number of amides is 2. The summed E-state index contributed by atoms with van der Waals surface area (Å²) in [5.74, 6) is 0.913. The highest BCUT2D eigenvalue weighted by Crippen LogP contribution is 2.24. The quantitative estimate of drug-likeness (QED) is 0.691. The van der Waals surface area contributed by atoms with E-state index in [9.17, 15) is 4.79 Å². The van der Waals surface area contributed by atoms with Crippen molar-refractivity contribution in [1.29, 1.82) is 0 Å². The molecular weight excluding hydrogens is 350 g/mol. The Hall–Kier alpha value is -2.01. The summed E-state index contributed by atoms with van der Waals surface area (Å²) >= 11 is 0. The van der Waals surface area contributed by atoms with Gasteiger partial charge in [-0.15, -0.1) is 0 Å². The van der Waals surface area contributed by atoms with E-state index < -0.39 is 0 Å². The highest BCUT2D eigenvalue weighted by molar-refractivity contribution is 5.74. The number of carbonyl (C=O) groups is 1. The molecule has 1 aliphatic carbocycles. The SMILES string of the molecule is C=C(C)CN1CCC(NC(=O)NCc2cccc(OC3CCCCC3)c2)CC1. The van der Waals surface area contributed by atoms with Gasteiger partial charge in [0.25, 0.3) is 0 Å². The van der Waals surface area contributed by atoms with Gasteiger partial charge in [0.1, 0.15) is 5.75 Å². The van der Waals surface area contributed by atoms with Gasteiger partial charge >= 0.3 is 6.03 Å². The fraction of sp³-hybridized carbons (Fsp3) is 0.609. The largest absolute Gasteiger partial charge is 0.490 e. The number of ether oxygens (including phenoxy) is 1. The van der Waals surface area contributed by atoms with Crippen molar-refractivity contribution in [2.75, 3.05) is 19.6 Å². The first-order valence-corrected chi connectivity index (χ1v) is 10.7. The lowest BCUT2D eigenvalue weighted by Gasteiger charge is -2.32. The minimum absolute atomic E-state index is 0.0862. The second-order valence-corrected chi connectivity index (χ2v) is 8.36. The Balaban J connectivity index is 1.38. The van der Waals surface area contributed by atoms with Gasteiger partial charge in [0.2, 0.25) is 0 Å². The number of benzene rings is 1. The molecule has 2 aliphatic rings. The van der Waals surface area contributed by atoms with Crippen LogP contribution in [-0.2, 0) is 6.54 Å². The van der Waals surface area contributed by atoms with Crippen LogP contribution >= 0.6 is 0 Å². The lowest BCUT2D eigenvalue weighted by atomic mass is 9.98. The standard InChI is InChI=1S/C23H35N3O2/c1-18(2)17-26-13-11-20(12-14-26)25-23(27)24-16-19-7-6-10-22(15-19)28-21-8-4-3-5-9-21/h6-7,10,15,20-21H,1,3-5,8-9,11-14,16-17H2,2H3,(H2,24,25,27). The molecule has 0 unspecified atom stereocenters. The Morgan fingerprint density at radius 2 is 1.93 bits per heavy atom. The summed E-state index contributed by atoms with van der Waals surface area (Å²) in [4.78, 5) is 14.7. The molecule has 1 aromatic carbocycles. The molecule has 3 rings (SSSR count). The summed E-state index contributed by atoms with van der Waals surface area (Å²) in [5.41, 5.74) is 2.26. The van der Waals surface area contributed by atoms with Crippen molar-refractivity contribution in [3.05, 3.63) is 42.0 Å². The topological polar surface area (TPSA) is 53.6 Å². The van der Waals surface area contributed by atoms with E-state index in [1.54, 1.807) is 0 Å². The Morgan fingerprint density at radius 3 is 2.64 bits per heavy atom. The molecule has 0 spiro atoms. The zero-order valence-electron chi connectivity index (χ0n) is 17.2. The maximum absolute atomic E-state index is 12.3. The van der Waals surface area contributed by atoms with Crippen LogP contribution in [0.3, 0.4) is 0 Å². The van der Waals surface area contributed by atoms with Gasteiger partial charge in [-0.2, -0.15) is 0 Å². The van der Waals surface area contributed by atoms with Gasteiger partial charge in [0.05, 0.1) is 6.10 Å². The Bertz CT molecular complexity index is 647. The summed E-state index contributed by atoms with van der Waals surface area (Å²) < 4.78 is 6.12. The van der Waals surface area contributed by atoms with Crippen LogP contribution in [0.2, 0.25) is 0 Å². The molecule has 1 saturated carbocycles. The van der Waals surface area contributed by atoms with Crippen molar-refractivity contribution in [1.82, 2.24) is 15.5 Å². The van der Waals surface area contributed by atoms with Crippen LogP contribution in [0.4, 0.5) is 4.79 Å². The van der Waals surface area contributed by atoms with E-state index in [0.29, 0.717) is 12.6 Å². The molecule has 0 aromatic heterocycles. The zero-order valence-corrected chi connectivity index (χ0v) is 17.2. The van der Waals surface area contributed by atoms with Gasteiger partial charge < -0.3 is 15.4 Å². The summed E-state index contributed by atoms with van der Waals surface area (Å²) in [6.07, 6.45) is 8.47. The zero-order chi connectivity index (χ0) is 19.8. The lowest BCUT2D eigenvalue weighted by Crippen LogP contribution is -2.47. The number of likely N-dealkylation sites (tertiary alicyclic amines) is 1. The van der Waals surface area contributed by atoms with Crippen molar-refractivity contribution in [2.45, 2.75) is 70.6 Å². The van der Waals surface area contributed by atoms with Crippen LogP contribution in [0.25, 0.3) is 0 Å².